The molecule has 1 heterocycles. The topological polar surface area (TPSA) is 81.4 Å². The molecular weight excluding hydrogens is 404 g/mol. The van der Waals surface area contributed by atoms with Crippen molar-refractivity contribution in [2.45, 2.75) is 6.92 Å². The number of anilines is 1. The van der Waals surface area contributed by atoms with Gasteiger partial charge in [0.1, 0.15) is 5.75 Å². The highest BCUT2D eigenvalue weighted by Crippen LogP contribution is 2.26. The van der Waals surface area contributed by atoms with Crippen LogP contribution in [-0.2, 0) is 0 Å². The summed E-state index contributed by atoms with van der Waals surface area (Å²) in [5, 5.41) is 3.61. The first kappa shape index (κ1) is 19.7. The molecule has 1 amide bonds. The molecule has 0 unspecified atom stereocenters. The van der Waals surface area contributed by atoms with Crippen LogP contribution in [0.1, 0.15) is 17.3 Å². The van der Waals surface area contributed by atoms with E-state index in [1.165, 1.54) is 0 Å². The largest absolute Gasteiger partial charge is 0.492 e. The van der Waals surface area contributed by atoms with E-state index in [0.29, 0.717) is 45.1 Å². The van der Waals surface area contributed by atoms with Gasteiger partial charge in [-0.15, -0.1) is 0 Å². The minimum absolute atomic E-state index is 0.217. The predicted molar refractivity (Wildman–Crippen MR) is 116 cm³/mol. The number of carbonyl (C=O) groups excluding carboxylic acids is 1. The van der Waals surface area contributed by atoms with E-state index in [9.17, 15) is 9.59 Å². The zero-order valence-corrected chi connectivity index (χ0v) is 16.8. The molecule has 4 rings (SSSR count). The Morgan fingerprint density at radius 1 is 1.10 bits per heavy atom. The van der Waals surface area contributed by atoms with Gasteiger partial charge in [-0.3, -0.25) is 4.79 Å². The van der Waals surface area contributed by atoms with E-state index in [0.717, 1.165) is 0 Å². The van der Waals surface area contributed by atoms with Crippen molar-refractivity contribution in [1.29, 1.82) is 0 Å². The fraction of sp³-hybridized carbons (Fsp3) is 0.0870. The molecule has 1 aromatic heterocycles. The van der Waals surface area contributed by atoms with Crippen molar-refractivity contribution in [2.75, 3.05) is 11.9 Å². The van der Waals surface area contributed by atoms with E-state index < -0.39 is 5.63 Å². The van der Waals surface area contributed by atoms with E-state index in [1.54, 1.807) is 60.7 Å². The molecule has 3 aromatic carbocycles. The highest BCUT2D eigenvalue weighted by Gasteiger charge is 2.11. The molecule has 30 heavy (non-hydrogen) atoms. The van der Waals surface area contributed by atoms with Crippen LogP contribution in [0.2, 0.25) is 5.02 Å². The average Bonchev–Trinajstić information content (AvgIpc) is 2.76. The van der Waals surface area contributed by atoms with E-state index in [1.807, 2.05) is 13.0 Å². The van der Waals surface area contributed by atoms with Crippen LogP contribution >= 0.6 is 11.6 Å². The Kier molecular flexibility index (Phi) is 5.50. The van der Waals surface area contributed by atoms with Crippen LogP contribution in [-0.4, -0.2) is 17.5 Å². The second-order valence-electron chi connectivity index (χ2n) is 6.43. The minimum Gasteiger partial charge on any atom is -0.492 e. The molecule has 150 valence electrons. The number of nitrogens with zero attached hydrogens (tertiary/aromatic N) is 1. The van der Waals surface area contributed by atoms with Gasteiger partial charge in [0.05, 0.1) is 22.5 Å². The van der Waals surface area contributed by atoms with Crippen molar-refractivity contribution in [3.8, 4) is 17.2 Å². The minimum atomic E-state index is -0.444. The van der Waals surface area contributed by atoms with Gasteiger partial charge in [0.15, 0.2) is 0 Å². The van der Waals surface area contributed by atoms with Crippen LogP contribution in [0.15, 0.2) is 75.9 Å². The second kappa shape index (κ2) is 8.39. The quantitative estimate of drug-likeness (QED) is 0.482. The number of nitrogens with one attached hydrogen (secondary N) is 1. The monoisotopic (exact) mass is 420 g/mol. The number of benzene rings is 3. The number of fused-ring (bicyclic) bond motifs is 1. The summed E-state index contributed by atoms with van der Waals surface area (Å²) >= 11 is 6.15. The lowest BCUT2D eigenvalue weighted by atomic mass is 10.1. The third-order valence-electron chi connectivity index (χ3n) is 4.42. The molecule has 0 aliphatic heterocycles. The number of hydrogen-bond donors (Lipinski definition) is 1. The fourth-order valence-corrected chi connectivity index (χ4v) is 3.19. The molecule has 0 fully saturated rings. The van der Waals surface area contributed by atoms with Crippen LogP contribution in [0.4, 0.5) is 5.69 Å². The second-order valence-corrected chi connectivity index (χ2v) is 6.84. The van der Waals surface area contributed by atoms with Crippen LogP contribution in [0.25, 0.3) is 22.4 Å². The number of halogens is 1. The van der Waals surface area contributed by atoms with Crippen LogP contribution in [0.5, 0.6) is 5.75 Å². The molecule has 0 saturated carbocycles. The van der Waals surface area contributed by atoms with E-state index in [4.69, 9.17) is 20.8 Å². The van der Waals surface area contributed by atoms with E-state index >= 15 is 0 Å². The van der Waals surface area contributed by atoms with Crippen molar-refractivity contribution in [1.82, 2.24) is 4.98 Å². The summed E-state index contributed by atoms with van der Waals surface area (Å²) < 4.78 is 10.7. The number of hydrogen-bond acceptors (Lipinski definition) is 5. The number of carbonyl (C=O) groups is 1. The Morgan fingerprint density at radius 3 is 2.60 bits per heavy atom. The van der Waals surface area contributed by atoms with Gasteiger partial charge < -0.3 is 14.5 Å². The maximum absolute atomic E-state index is 12.5. The Labute approximate surface area is 177 Å². The Morgan fingerprint density at radius 2 is 1.87 bits per heavy atom. The third-order valence-corrected chi connectivity index (χ3v) is 4.71. The molecular formula is C23H17ClN2O4. The Bertz CT molecular complexity index is 1280. The summed E-state index contributed by atoms with van der Waals surface area (Å²) in [6.07, 6.45) is 0. The molecule has 0 saturated heterocycles. The molecule has 4 aromatic rings. The fourth-order valence-electron chi connectivity index (χ4n) is 2.96. The maximum atomic E-state index is 12.5. The molecule has 1 N–H and O–H groups in total. The Hall–Kier alpha value is -3.64. The average molecular weight is 421 g/mol. The highest BCUT2D eigenvalue weighted by molar-refractivity contribution is 6.32. The van der Waals surface area contributed by atoms with Gasteiger partial charge in [-0.25, -0.2) is 9.78 Å². The summed E-state index contributed by atoms with van der Waals surface area (Å²) in [5.41, 5.74) is 1.74. The third kappa shape index (κ3) is 4.04. The zero-order valence-electron chi connectivity index (χ0n) is 16.0. The van der Waals surface area contributed by atoms with Gasteiger partial charge in [-0.05, 0) is 61.5 Å². The highest BCUT2D eigenvalue weighted by atomic mass is 35.5. The van der Waals surface area contributed by atoms with Gasteiger partial charge in [0.2, 0.25) is 5.89 Å². The van der Waals surface area contributed by atoms with Crippen molar-refractivity contribution < 1.29 is 13.9 Å². The van der Waals surface area contributed by atoms with Gasteiger partial charge >= 0.3 is 5.63 Å². The SMILES string of the molecule is CCOc1ccc(C(=O)Nc2ccc(-c3nc4ccccc4c(=O)o3)cc2)cc1Cl. The predicted octanol–water partition coefficient (Wildman–Crippen LogP) is 5.16. The summed E-state index contributed by atoms with van der Waals surface area (Å²) in [5.74, 6) is 0.447. The smallest absolute Gasteiger partial charge is 0.347 e. The lowest BCUT2D eigenvalue weighted by molar-refractivity contribution is 0.102. The van der Waals surface area contributed by atoms with Crippen molar-refractivity contribution in [3.63, 3.8) is 0 Å². The van der Waals surface area contributed by atoms with Crippen LogP contribution < -0.4 is 15.7 Å². The molecule has 6 nitrogen and oxygen atoms in total. The summed E-state index contributed by atoms with van der Waals surface area (Å²) in [7, 11) is 0. The van der Waals surface area contributed by atoms with Gasteiger partial charge in [-0.1, -0.05) is 23.7 Å². The summed E-state index contributed by atoms with van der Waals surface area (Å²) in [6.45, 7) is 2.35. The number of rotatable bonds is 5. The number of ether oxygens (including phenoxy) is 1. The van der Waals surface area contributed by atoms with Gasteiger partial charge in [0, 0.05) is 16.8 Å². The van der Waals surface area contributed by atoms with Crippen molar-refractivity contribution >= 4 is 34.1 Å². The standard InChI is InChI=1S/C23H17ClN2O4/c1-2-29-20-12-9-15(13-18(20)24)21(27)25-16-10-7-14(8-11-16)22-26-19-6-4-3-5-17(19)23(28)30-22/h3-13H,2H2,1H3,(H,25,27). The van der Waals surface area contributed by atoms with Crippen molar-refractivity contribution in [2.24, 2.45) is 0 Å². The lowest BCUT2D eigenvalue weighted by Gasteiger charge is -2.09. The lowest BCUT2D eigenvalue weighted by Crippen LogP contribution is -2.12. The zero-order chi connectivity index (χ0) is 21.1. The molecule has 7 heteroatoms. The number of para-hydroxylation sites is 1. The van der Waals surface area contributed by atoms with Crippen molar-refractivity contribution in [3.05, 3.63) is 87.7 Å². The Balaban J connectivity index is 1.53. The summed E-state index contributed by atoms with van der Waals surface area (Å²) in [6, 6.07) is 18.7. The van der Waals surface area contributed by atoms with Gasteiger partial charge in [0.25, 0.3) is 5.91 Å². The summed E-state index contributed by atoms with van der Waals surface area (Å²) in [4.78, 5) is 29.0. The van der Waals surface area contributed by atoms with E-state index in [-0.39, 0.29) is 11.8 Å². The molecule has 0 radical (unpaired) electrons. The number of amides is 1. The molecule has 0 spiro atoms. The van der Waals surface area contributed by atoms with E-state index in [2.05, 4.69) is 10.3 Å². The first-order valence-corrected chi connectivity index (χ1v) is 9.67. The molecule has 0 aliphatic rings. The van der Waals surface area contributed by atoms with Crippen LogP contribution in [0.3, 0.4) is 0 Å². The van der Waals surface area contributed by atoms with Crippen LogP contribution in [0, 0.1) is 0 Å². The maximum Gasteiger partial charge on any atom is 0.347 e. The first-order valence-electron chi connectivity index (χ1n) is 9.29. The van der Waals surface area contributed by atoms with Gasteiger partial charge in [-0.2, -0.15) is 0 Å². The normalized spacial score (nSPS) is 10.7. The molecule has 0 atom stereocenters. The molecule has 0 aliphatic carbocycles. The number of aromatic nitrogens is 1. The first-order chi connectivity index (χ1) is 14.5. The molecule has 0 bridgehead atoms.